The summed E-state index contributed by atoms with van der Waals surface area (Å²) < 4.78 is 6.80. The van der Waals surface area contributed by atoms with E-state index < -0.39 is 11.8 Å². The van der Waals surface area contributed by atoms with E-state index in [-0.39, 0.29) is 17.6 Å². The van der Waals surface area contributed by atoms with E-state index in [4.69, 9.17) is 14.6 Å². The number of ether oxygens (including phenoxy) is 1. The number of aromatic nitrogens is 3. The van der Waals surface area contributed by atoms with Crippen LogP contribution in [0.5, 0.6) is 0 Å². The number of carbonyl (C=O) groups excluding carboxylic acids is 1. The second kappa shape index (κ2) is 7.14. The fourth-order valence-electron chi connectivity index (χ4n) is 3.81. The van der Waals surface area contributed by atoms with Crippen LogP contribution in [0.3, 0.4) is 0 Å². The Balaban J connectivity index is 1.52. The van der Waals surface area contributed by atoms with Gasteiger partial charge in [0.05, 0.1) is 18.3 Å². The van der Waals surface area contributed by atoms with Gasteiger partial charge in [-0.3, -0.25) is 14.3 Å². The fraction of sp³-hybridized carbons (Fsp3) is 0.500. The largest absolute Gasteiger partial charge is 0.528 e. The molecule has 9 heteroatoms. The minimum absolute atomic E-state index is 0.0361. The van der Waals surface area contributed by atoms with E-state index in [1.807, 2.05) is 12.1 Å². The smallest absolute Gasteiger partial charge is 0.427 e. The van der Waals surface area contributed by atoms with Crippen LogP contribution in [0.2, 0.25) is 0 Å². The molecule has 2 aliphatic rings. The van der Waals surface area contributed by atoms with E-state index in [1.165, 1.54) is 6.07 Å². The molecule has 0 aliphatic carbocycles. The highest BCUT2D eigenvalue weighted by Gasteiger charge is 2.47. The Bertz CT molecular complexity index is 969. The lowest BCUT2D eigenvalue weighted by Gasteiger charge is -2.34. The molecular formula is C20H25N5O4. The van der Waals surface area contributed by atoms with Crippen molar-refractivity contribution in [3.05, 3.63) is 40.9 Å². The van der Waals surface area contributed by atoms with Crippen molar-refractivity contribution >= 4 is 12.1 Å². The molecule has 4 rings (SSSR count). The highest BCUT2D eigenvalue weighted by atomic mass is 16.8. The van der Waals surface area contributed by atoms with Crippen molar-refractivity contribution in [2.75, 3.05) is 18.0 Å². The lowest BCUT2D eigenvalue weighted by atomic mass is 10.2. The van der Waals surface area contributed by atoms with Gasteiger partial charge in [-0.15, -0.1) is 5.06 Å². The number of hydroxylamine groups is 2. The van der Waals surface area contributed by atoms with E-state index in [1.54, 1.807) is 49.8 Å². The molecule has 2 aromatic heterocycles. The standard InChI is InChI=1S/C20H25N5O4/c1-20(2,3)28-19(27)29-25-12-14-9-15(25)11-24(14)18-22-16(10-17(26)23(18)4)13-5-7-21-8-6-13/h5-8,10,14-15H,9,11-12H2,1-4H3/t14?,15-/m0/s1. The maximum absolute atomic E-state index is 12.5. The molecule has 1 unspecified atom stereocenters. The van der Waals surface area contributed by atoms with Crippen molar-refractivity contribution < 1.29 is 14.4 Å². The number of hydrogen-bond donors (Lipinski definition) is 0. The van der Waals surface area contributed by atoms with Gasteiger partial charge in [0.15, 0.2) is 0 Å². The Labute approximate surface area is 168 Å². The zero-order valence-electron chi connectivity index (χ0n) is 17.0. The average molecular weight is 399 g/mol. The van der Waals surface area contributed by atoms with Gasteiger partial charge in [0, 0.05) is 43.7 Å². The molecule has 2 aliphatic heterocycles. The zero-order chi connectivity index (χ0) is 20.8. The maximum Gasteiger partial charge on any atom is 0.528 e. The molecule has 0 aromatic carbocycles. The molecule has 9 nitrogen and oxygen atoms in total. The summed E-state index contributed by atoms with van der Waals surface area (Å²) >= 11 is 0. The van der Waals surface area contributed by atoms with Gasteiger partial charge in [-0.1, -0.05) is 0 Å². The van der Waals surface area contributed by atoms with E-state index in [9.17, 15) is 9.59 Å². The average Bonchev–Trinajstić information content (AvgIpc) is 3.23. The summed E-state index contributed by atoms with van der Waals surface area (Å²) in [6, 6.07) is 5.34. The second-order valence-electron chi connectivity index (χ2n) is 8.43. The molecule has 0 saturated carbocycles. The number of fused-ring (bicyclic) bond motifs is 2. The molecule has 0 radical (unpaired) electrons. The molecule has 2 saturated heterocycles. The van der Waals surface area contributed by atoms with Crippen LogP contribution in [0.4, 0.5) is 10.7 Å². The van der Waals surface area contributed by atoms with Crippen molar-refractivity contribution in [3.63, 3.8) is 0 Å². The van der Waals surface area contributed by atoms with Gasteiger partial charge in [-0.2, -0.15) is 0 Å². The number of rotatable bonds is 3. The van der Waals surface area contributed by atoms with Gasteiger partial charge in [0.1, 0.15) is 5.60 Å². The Kier molecular flexibility index (Phi) is 4.77. The van der Waals surface area contributed by atoms with E-state index in [2.05, 4.69) is 9.88 Å². The minimum Gasteiger partial charge on any atom is -0.427 e. The highest BCUT2D eigenvalue weighted by molar-refractivity contribution is 5.61. The van der Waals surface area contributed by atoms with E-state index >= 15 is 0 Å². The third kappa shape index (κ3) is 3.95. The molecule has 4 heterocycles. The first-order valence-corrected chi connectivity index (χ1v) is 9.64. The first-order chi connectivity index (χ1) is 13.7. The third-order valence-electron chi connectivity index (χ3n) is 5.12. The van der Waals surface area contributed by atoms with Crippen LogP contribution in [-0.2, 0) is 16.6 Å². The molecule has 154 valence electrons. The molecule has 0 amide bonds. The Hall–Kier alpha value is -2.94. The van der Waals surface area contributed by atoms with Gasteiger partial charge in [0.25, 0.3) is 5.56 Å². The number of hydrogen-bond acceptors (Lipinski definition) is 8. The summed E-state index contributed by atoms with van der Waals surface area (Å²) in [6.45, 7) is 6.56. The summed E-state index contributed by atoms with van der Waals surface area (Å²) in [7, 11) is 1.72. The summed E-state index contributed by atoms with van der Waals surface area (Å²) in [5.41, 5.74) is 0.747. The first-order valence-electron chi connectivity index (χ1n) is 9.64. The Morgan fingerprint density at radius 3 is 2.52 bits per heavy atom. The summed E-state index contributed by atoms with van der Waals surface area (Å²) in [5, 5.41) is 1.68. The monoisotopic (exact) mass is 399 g/mol. The van der Waals surface area contributed by atoms with Crippen LogP contribution in [0.25, 0.3) is 11.3 Å². The van der Waals surface area contributed by atoms with Crippen LogP contribution in [-0.4, -0.2) is 56.5 Å². The molecule has 2 aromatic rings. The number of pyridine rings is 1. The molecule has 0 spiro atoms. The summed E-state index contributed by atoms with van der Waals surface area (Å²) in [4.78, 5) is 40.8. The lowest BCUT2D eigenvalue weighted by molar-refractivity contribution is -0.152. The molecule has 2 bridgehead atoms. The first kappa shape index (κ1) is 19.4. The Morgan fingerprint density at radius 1 is 1.17 bits per heavy atom. The van der Waals surface area contributed by atoms with E-state index in [0.29, 0.717) is 24.7 Å². The topological polar surface area (TPSA) is 89.8 Å². The SMILES string of the molecule is Cn1c(N2C[C@@H]3CC2CN3OC(=O)OC(C)(C)C)nc(-c2ccncc2)cc1=O. The van der Waals surface area contributed by atoms with Crippen molar-refractivity contribution in [3.8, 4) is 11.3 Å². The van der Waals surface area contributed by atoms with Gasteiger partial charge >= 0.3 is 6.16 Å². The number of piperazine rings is 1. The second-order valence-corrected chi connectivity index (χ2v) is 8.43. The van der Waals surface area contributed by atoms with Gasteiger partial charge < -0.3 is 14.5 Å². The van der Waals surface area contributed by atoms with Crippen molar-refractivity contribution in [1.29, 1.82) is 0 Å². The highest BCUT2D eigenvalue weighted by Crippen LogP contribution is 2.34. The summed E-state index contributed by atoms with van der Waals surface area (Å²) in [5.74, 6) is 0.619. The quantitative estimate of drug-likeness (QED) is 0.724. The van der Waals surface area contributed by atoms with Crippen LogP contribution in [0.15, 0.2) is 35.4 Å². The number of nitrogens with zero attached hydrogens (tertiary/aromatic N) is 5. The minimum atomic E-state index is -0.693. The molecule has 2 fully saturated rings. The molecule has 0 N–H and O–H groups in total. The van der Waals surface area contributed by atoms with Crippen LogP contribution in [0, 0.1) is 0 Å². The zero-order valence-corrected chi connectivity index (χ0v) is 17.0. The number of carbonyl (C=O) groups is 1. The van der Waals surface area contributed by atoms with Gasteiger partial charge in [0.2, 0.25) is 5.95 Å². The lowest BCUT2D eigenvalue weighted by Crippen LogP contribution is -2.49. The Morgan fingerprint density at radius 2 is 1.90 bits per heavy atom. The third-order valence-corrected chi connectivity index (χ3v) is 5.12. The predicted molar refractivity (Wildman–Crippen MR) is 106 cm³/mol. The van der Waals surface area contributed by atoms with Crippen LogP contribution >= 0.6 is 0 Å². The fourth-order valence-corrected chi connectivity index (χ4v) is 3.81. The van der Waals surface area contributed by atoms with Crippen molar-refractivity contribution in [1.82, 2.24) is 19.6 Å². The van der Waals surface area contributed by atoms with Gasteiger partial charge in [-0.25, -0.2) is 9.78 Å². The van der Waals surface area contributed by atoms with Crippen LogP contribution in [0.1, 0.15) is 27.2 Å². The van der Waals surface area contributed by atoms with Crippen molar-refractivity contribution in [2.24, 2.45) is 7.05 Å². The molecule has 29 heavy (non-hydrogen) atoms. The number of anilines is 1. The molecule has 2 atom stereocenters. The van der Waals surface area contributed by atoms with Gasteiger partial charge in [-0.05, 0) is 39.3 Å². The predicted octanol–water partition coefficient (Wildman–Crippen LogP) is 1.97. The van der Waals surface area contributed by atoms with Crippen LogP contribution < -0.4 is 10.5 Å². The summed E-state index contributed by atoms with van der Waals surface area (Å²) in [6.07, 6.45) is 3.50. The normalized spacial score (nSPS) is 21.4. The van der Waals surface area contributed by atoms with E-state index in [0.717, 1.165) is 12.0 Å². The maximum atomic E-state index is 12.5. The van der Waals surface area contributed by atoms with Crippen molar-refractivity contribution in [2.45, 2.75) is 44.9 Å². The molecular weight excluding hydrogens is 374 g/mol.